The minimum absolute atomic E-state index is 0.249. The van der Waals surface area contributed by atoms with E-state index >= 15 is 0 Å². The molecule has 7 heteroatoms. The van der Waals surface area contributed by atoms with E-state index in [0.29, 0.717) is 16.3 Å². The van der Waals surface area contributed by atoms with E-state index < -0.39 is 23.4 Å². The van der Waals surface area contributed by atoms with Crippen LogP contribution in [0.1, 0.15) is 37.3 Å². The van der Waals surface area contributed by atoms with Gasteiger partial charge in [-0.3, -0.25) is 4.79 Å². The minimum atomic E-state index is -1.40. The molecule has 24 heavy (non-hydrogen) atoms. The highest BCUT2D eigenvalue weighted by molar-refractivity contribution is 6.31. The number of nitrogens with one attached hydrogen (secondary N) is 2. The molecule has 1 aromatic carbocycles. The number of benzene rings is 1. The average Bonchev–Trinajstić information content (AvgIpc) is 2.56. The van der Waals surface area contributed by atoms with Crippen molar-refractivity contribution in [3.05, 3.63) is 45.6 Å². The Kier molecular flexibility index (Phi) is 5.20. The van der Waals surface area contributed by atoms with E-state index in [1.165, 1.54) is 7.11 Å². The molecule has 0 amide bonds. The Morgan fingerprint density at radius 3 is 2.54 bits per heavy atom. The Labute approximate surface area is 145 Å². The fourth-order valence-electron chi connectivity index (χ4n) is 3.05. The zero-order valence-electron chi connectivity index (χ0n) is 14.1. The number of carbonyl (C=O) groups is 2. The standard InChI is InChI=1S/C17H21ClN2O4/c1-5-17(16(22)23)14(11-7-6-9(2)12(18)8-11)13(15(21)24-4)10(3)19-20-17/h6-8,14,19-20H,5H2,1-4H3,(H,22,23). The van der Waals surface area contributed by atoms with E-state index in [1.54, 1.807) is 26.0 Å². The van der Waals surface area contributed by atoms with Crippen LogP contribution in [-0.2, 0) is 14.3 Å². The zero-order valence-corrected chi connectivity index (χ0v) is 14.8. The summed E-state index contributed by atoms with van der Waals surface area (Å²) in [7, 11) is 1.28. The number of esters is 1. The lowest BCUT2D eigenvalue weighted by molar-refractivity contribution is -0.147. The molecule has 0 fully saturated rings. The molecule has 3 N–H and O–H groups in total. The molecule has 2 atom stereocenters. The maximum atomic E-state index is 12.4. The van der Waals surface area contributed by atoms with Gasteiger partial charge in [-0.25, -0.2) is 10.2 Å². The fraction of sp³-hybridized carbons (Fsp3) is 0.412. The summed E-state index contributed by atoms with van der Waals surface area (Å²) in [5.41, 5.74) is 6.59. The minimum Gasteiger partial charge on any atom is -0.480 e. The molecular formula is C17H21ClN2O4. The van der Waals surface area contributed by atoms with Gasteiger partial charge in [0.1, 0.15) is 5.54 Å². The summed E-state index contributed by atoms with van der Waals surface area (Å²) in [5, 5.41) is 10.4. The molecule has 1 aliphatic heterocycles. The second kappa shape index (κ2) is 6.83. The molecule has 0 aromatic heterocycles. The van der Waals surface area contributed by atoms with Crippen LogP contribution in [0.15, 0.2) is 29.5 Å². The van der Waals surface area contributed by atoms with Crippen LogP contribution in [0, 0.1) is 6.92 Å². The number of aryl methyl sites for hydroxylation is 1. The van der Waals surface area contributed by atoms with Crippen molar-refractivity contribution in [1.82, 2.24) is 10.9 Å². The first kappa shape index (κ1) is 18.3. The summed E-state index contributed by atoms with van der Waals surface area (Å²) in [5.74, 6) is -2.37. The van der Waals surface area contributed by atoms with Gasteiger partial charge in [-0.15, -0.1) is 0 Å². The van der Waals surface area contributed by atoms with Gasteiger partial charge in [0.25, 0.3) is 0 Å². The molecule has 0 bridgehead atoms. The van der Waals surface area contributed by atoms with Crippen LogP contribution in [0.5, 0.6) is 0 Å². The number of carboxylic acids is 1. The first-order valence-corrected chi connectivity index (χ1v) is 7.98. The maximum Gasteiger partial charge on any atom is 0.336 e. The smallest absolute Gasteiger partial charge is 0.336 e. The quantitative estimate of drug-likeness (QED) is 0.722. The lowest BCUT2D eigenvalue weighted by Crippen LogP contribution is -2.64. The molecule has 0 radical (unpaired) electrons. The molecule has 130 valence electrons. The van der Waals surface area contributed by atoms with Gasteiger partial charge in [-0.2, -0.15) is 0 Å². The molecule has 1 heterocycles. The van der Waals surface area contributed by atoms with E-state index in [9.17, 15) is 14.7 Å². The number of carbonyl (C=O) groups excluding carboxylic acids is 1. The number of halogens is 1. The number of methoxy groups -OCH3 is 1. The van der Waals surface area contributed by atoms with Gasteiger partial charge in [0.2, 0.25) is 0 Å². The third-order valence-corrected chi connectivity index (χ3v) is 4.94. The van der Waals surface area contributed by atoms with Crippen LogP contribution in [0.3, 0.4) is 0 Å². The van der Waals surface area contributed by atoms with Gasteiger partial charge >= 0.3 is 11.9 Å². The van der Waals surface area contributed by atoms with Crippen molar-refractivity contribution in [3.8, 4) is 0 Å². The van der Waals surface area contributed by atoms with Gasteiger partial charge < -0.3 is 15.3 Å². The molecular weight excluding hydrogens is 332 g/mol. The number of rotatable bonds is 4. The maximum absolute atomic E-state index is 12.4. The number of hydrazine groups is 1. The summed E-state index contributed by atoms with van der Waals surface area (Å²) in [6.07, 6.45) is 0.249. The molecule has 2 unspecified atom stereocenters. The van der Waals surface area contributed by atoms with Gasteiger partial charge in [-0.05, 0) is 37.5 Å². The Hall–Kier alpha value is -2.05. The lowest BCUT2D eigenvalue weighted by Gasteiger charge is -2.42. The largest absolute Gasteiger partial charge is 0.480 e. The van der Waals surface area contributed by atoms with Crippen LogP contribution in [0.4, 0.5) is 0 Å². The topological polar surface area (TPSA) is 87.7 Å². The van der Waals surface area contributed by atoms with Crippen molar-refractivity contribution in [3.63, 3.8) is 0 Å². The molecule has 6 nitrogen and oxygen atoms in total. The van der Waals surface area contributed by atoms with Crippen LogP contribution >= 0.6 is 11.6 Å². The van der Waals surface area contributed by atoms with Crippen LogP contribution < -0.4 is 10.9 Å². The van der Waals surface area contributed by atoms with Crippen LogP contribution in [0.25, 0.3) is 0 Å². The van der Waals surface area contributed by atoms with Crippen molar-refractivity contribution >= 4 is 23.5 Å². The normalized spacial score (nSPS) is 23.6. The molecule has 1 aliphatic rings. The molecule has 1 aromatic rings. The van der Waals surface area contributed by atoms with Crippen molar-refractivity contribution < 1.29 is 19.4 Å². The van der Waals surface area contributed by atoms with E-state index in [-0.39, 0.29) is 12.0 Å². The summed E-state index contributed by atoms with van der Waals surface area (Å²) in [6, 6.07) is 5.31. The van der Waals surface area contributed by atoms with E-state index in [1.807, 2.05) is 13.0 Å². The fourth-order valence-corrected chi connectivity index (χ4v) is 3.24. The first-order chi connectivity index (χ1) is 11.3. The number of hydrogen-bond acceptors (Lipinski definition) is 5. The summed E-state index contributed by atoms with van der Waals surface area (Å²) < 4.78 is 4.89. The number of hydrogen-bond donors (Lipinski definition) is 3. The van der Waals surface area contributed by atoms with Crippen molar-refractivity contribution in [2.45, 2.75) is 38.6 Å². The summed E-state index contributed by atoms with van der Waals surface area (Å²) >= 11 is 6.23. The first-order valence-electron chi connectivity index (χ1n) is 7.60. The zero-order chi connectivity index (χ0) is 18.1. The lowest BCUT2D eigenvalue weighted by atomic mass is 9.71. The highest BCUT2D eigenvalue weighted by Gasteiger charge is 2.51. The highest BCUT2D eigenvalue weighted by atomic mass is 35.5. The van der Waals surface area contributed by atoms with Crippen molar-refractivity contribution in [2.75, 3.05) is 7.11 Å². The van der Waals surface area contributed by atoms with E-state index in [2.05, 4.69) is 10.9 Å². The van der Waals surface area contributed by atoms with Gasteiger partial charge in [0.05, 0.1) is 12.7 Å². The molecule has 0 spiro atoms. The summed E-state index contributed by atoms with van der Waals surface area (Å²) in [4.78, 5) is 24.5. The second-order valence-electron chi connectivity index (χ2n) is 5.85. The Morgan fingerprint density at radius 1 is 1.38 bits per heavy atom. The predicted molar refractivity (Wildman–Crippen MR) is 90.6 cm³/mol. The average molecular weight is 353 g/mol. The Bertz CT molecular complexity index is 717. The van der Waals surface area contributed by atoms with Crippen LogP contribution in [0.2, 0.25) is 5.02 Å². The Morgan fingerprint density at radius 2 is 2.04 bits per heavy atom. The molecule has 0 saturated heterocycles. The third kappa shape index (κ3) is 2.87. The van der Waals surface area contributed by atoms with Gasteiger partial charge in [0, 0.05) is 16.6 Å². The second-order valence-corrected chi connectivity index (χ2v) is 6.26. The molecule has 2 rings (SSSR count). The molecule has 0 saturated carbocycles. The van der Waals surface area contributed by atoms with Gasteiger partial charge in [0.15, 0.2) is 0 Å². The van der Waals surface area contributed by atoms with Gasteiger partial charge in [-0.1, -0.05) is 30.7 Å². The number of ether oxygens (including phenoxy) is 1. The van der Waals surface area contributed by atoms with Crippen molar-refractivity contribution in [2.24, 2.45) is 0 Å². The van der Waals surface area contributed by atoms with Crippen molar-refractivity contribution in [1.29, 1.82) is 0 Å². The molecule has 0 aliphatic carbocycles. The number of aliphatic carboxylic acids is 1. The highest BCUT2D eigenvalue weighted by Crippen LogP contribution is 2.42. The number of carboxylic acid groups (broad SMARTS) is 1. The van der Waals surface area contributed by atoms with E-state index in [4.69, 9.17) is 16.3 Å². The SMILES string of the molecule is CCC1(C(=O)O)NNC(C)=C(C(=O)OC)C1c1ccc(C)c(Cl)c1. The predicted octanol–water partition coefficient (Wildman–Crippen LogP) is 2.52. The number of allylic oxidation sites excluding steroid dienone is 1. The van der Waals surface area contributed by atoms with Crippen LogP contribution in [-0.4, -0.2) is 29.7 Å². The third-order valence-electron chi connectivity index (χ3n) is 4.53. The summed E-state index contributed by atoms with van der Waals surface area (Å²) in [6.45, 7) is 5.31. The van der Waals surface area contributed by atoms with E-state index in [0.717, 1.165) is 5.56 Å². The monoisotopic (exact) mass is 352 g/mol. The Balaban J connectivity index is 2.75.